The van der Waals surface area contributed by atoms with Crippen molar-refractivity contribution in [3.63, 3.8) is 0 Å². The van der Waals surface area contributed by atoms with Gasteiger partial charge in [-0.15, -0.1) is 0 Å². The van der Waals surface area contributed by atoms with Crippen LogP contribution in [0.3, 0.4) is 0 Å². The highest BCUT2D eigenvalue weighted by molar-refractivity contribution is 5.82. The van der Waals surface area contributed by atoms with Crippen LogP contribution < -0.4 is 5.32 Å². The normalized spacial score (nSPS) is 35.9. The van der Waals surface area contributed by atoms with Crippen molar-refractivity contribution in [3.8, 4) is 0 Å². The molecule has 1 amide bonds. The molecule has 3 unspecified atom stereocenters. The maximum Gasteiger partial charge on any atom is 0.240 e. The van der Waals surface area contributed by atoms with Gasteiger partial charge in [0.15, 0.2) is 0 Å². The summed E-state index contributed by atoms with van der Waals surface area (Å²) < 4.78 is 0. The Labute approximate surface area is 104 Å². The minimum Gasteiger partial charge on any atom is -0.341 e. The molecule has 96 valence electrons. The zero-order valence-corrected chi connectivity index (χ0v) is 10.8. The van der Waals surface area contributed by atoms with Gasteiger partial charge < -0.3 is 10.2 Å². The lowest BCUT2D eigenvalue weighted by molar-refractivity contribution is -0.134. The second-order valence-electron chi connectivity index (χ2n) is 6.06. The van der Waals surface area contributed by atoms with Gasteiger partial charge in [0.2, 0.25) is 5.91 Å². The summed E-state index contributed by atoms with van der Waals surface area (Å²) in [6, 6.07) is 0.140. The van der Waals surface area contributed by atoms with E-state index in [1.165, 1.54) is 32.1 Å². The molecule has 0 aromatic carbocycles. The number of rotatable bonds is 4. The number of nitrogens with zero attached hydrogens (tertiary/aromatic N) is 1. The Kier molecular flexibility index (Phi) is 3.12. The Morgan fingerprint density at radius 3 is 2.82 bits per heavy atom. The SMILES string of the molecule is CCN(CC1CC1)C(=O)C1NCC2CCCC21. The zero-order chi connectivity index (χ0) is 11.8. The first-order chi connectivity index (χ1) is 8.29. The smallest absolute Gasteiger partial charge is 0.240 e. The largest absolute Gasteiger partial charge is 0.341 e. The van der Waals surface area contributed by atoms with Gasteiger partial charge in [-0.05, 0) is 56.9 Å². The third kappa shape index (κ3) is 2.22. The van der Waals surface area contributed by atoms with Gasteiger partial charge in [-0.3, -0.25) is 4.79 Å². The standard InChI is InChI=1S/C14H24N2O/c1-2-16(9-10-6-7-10)14(17)13-12-5-3-4-11(12)8-15-13/h10-13,15H,2-9H2,1H3. The maximum atomic E-state index is 12.5. The van der Waals surface area contributed by atoms with Gasteiger partial charge in [0.1, 0.15) is 0 Å². The van der Waals surface area contributed by atoms with E-state index in [4.69, 9.17) is 0 Å². The summed E-state index contributed by atoms with van der Waals surface area (Å²) >= 11 is 0. The molecule has 2 aliphatic carbocycles. The lowest BCUT2D eigenvalue weighted by Crippen LogP contribution is -2.47. The molecule has 3 heteroatoms. The van der Waals surface area contributed by atoms with E-state index in [0.29, 0.717) is 11.8 Å². The first-order valence-corrected chi connectivity index (χ1v) is 7.31. The van der Waals surface area contributed by atoms with E-state index < -0.39 is 0 Å². The summed E-state index contributed by atoms with van der Waals surface area (Å²) in [4.78, 5) is 14.6. The quantitative estimate of drug-likeness (QED) is 0.804. The molecule has 17 heavy (non-hydrogen) atoms. The maximum absolute atomic E-state index is 12.5. The van der Waals surface area contributed by atoms with Crippen molar-refractivity contribution in [2.45, 2.75) is 45.1 Å². The van der Waals surface area contributed by atoms with Crippen molar-refractivity contribution >= 4 is 5.91 Å². The van der Waals surface area contributed by atoms with Gasteiger partial charge in [0.05, 0.1) is 6.04 Å². The van der Waals surface area contributed by atoms with Gasteiger partial charge in [-0.25, -0.2) is 0 Å². The highest BCUT2D eigenvalue weighted by Gasteiger charge is 2.44. The first-order valence-electron chi connectivity index (χ1n) is 7.31. The predicted molar refractivity (Wildman–Crippen MR) is 67.6 cm³/mol. The van der Waals surface area contributed by atoms with Crippen LogP contribution in [0.1, 0.15) is 39.0 Å². The molecule has 3 aliphatic rings. The summed E-state index contributed by atoms with van der Waals surface area (Å²) in [7, 11) is 0. The number of nitrogens with one attached hydrogen (secondary N) is 1. The third-order valence-corrected chi connectivity index (χ3v) is 4.88. The van der Waals surface area contributed by atoms with Gasteiger partial charge in [-0.1, -0.05) is 6.42 Å². The molecule has 3 atom stereocenters. The average molecular weight is 236 g/mol. The molecule has 3 nitrogen and oxygen atoms in total. The van der Waals surface area contributed by atoms with Crippen molar-refractivity contribution in [2.24, 2.45) is 17.8 Å². The van der Waals surface area contributed by atoms with Crippen LogP contribution >= 0.6 is 0 Å². The molecule has 0 bridgehead atoms. The fourth-order valence-corrected chi connectivity index (χ4v) is 3.64. The lowest BCUT2D eigenvalue weighted by atomic mass is 9.93. The molecule has 2 saturated carbocycles. The second-order valence-corrected chi connectivity index (χ2v) is 6.06. The minimum absolute atomic E-state index is 0.140. The zero-order valence-electron chi connectivity index (χ0n) is 10.8. The Bertz CT molecular complexity index is 301. The number of carbonyl (C=O) groups excluding carboxylic acids is 1. The molecule has 0 spiro atoms. The Morgan fingerprint density at radius 2 is 2.12 bits per heavy atom. The third-order valence-electron chi connectivity index (χ3n) is 4.88. The molecule has 3 fully saturated rings. The van der Waals surface area contributed by atoms with Gasteiger partial charge in [0.25, 0.3) is 0 Å². The monoisotopic (exact) mass is 236 g/mol. The van der Waals surface area contributed by atoms with Gasteiger partial charge in [0, 0.05) is 13.1 Å². The number of amides is 1. The number of fused-ring (bicyclic) bond motifs is 1. The van der Waals surface area contributed by atoms with Gasteiger partial charge >= 0.3 is 0 Å². The fourth-order valence-electron chi connectivity index (χ4n) is 3.64. The van der Waals surface area contributed by atoms with Crippen LogP contribution in [0.5, 0.6) is 0 Å². The molecule has 1 aliphatic heterocycles. The molecule has 1 N–H and O–H groups in total. The van der Waals surface area contributed by atoms with Gasteiger partial charge in [-0.2, -0.15) is 0 Å². The van der Waals surface area contributed by atoms with E-state index in [-0.39, 0.29) is 6.04 Å². The highest BCUT2D eigenvalue weighted by atomic mass is 16.2. The van der Waals surface area contributed by atoms with E-state index in [1.54, 1.807) is 0 Å². The van der Waals surface area contributed by atoms with Crippen molar-refractivity contribution in [2.75, 3.05) is 19.6 Å². The van der Waals surface area contributed by atoms with Crippen LogP contribution in [0, 0.1) is 17.8 Å². The van der Waals surface area contributed by atoms with Crippen LogP contribution in [-0.4, -0.2) is 36.5 Å². The van der Waals surface area contributed by atoms with Crippen molar-refractivity contribution < 1.29 is 4.79 Å². The van der Waals surface area contributed by atoms with Crippen LogP contribution in [0.15, 0.2) is 0 Å². The Morgan fingerprint density at radius 1 is 1.29 bits per heavy atom. The molecule has 0 radical (unpaired) electrons. The van der Waals surface area contributed by atoms with E-state index in [1.807, 2.05) is 0 Å². The Balaban J connectivity index is 1.63. The van der Waals surface area contributed by atoms with Crippen LogP contribution in [0.4, 0.5) is 0 Å². The van der Waals surface area contributed by atoms with Crippen molar-refractivity contribution in [1.29, 1.82) is 0 Å². The summed E-state index contributed by atoms with van der Waals surface area (Å²) in [5, 5.41) is 3.48. The topological polar surface area (TPSA) is 32.3 Å². The highest BCUT2D eigenvalue weighted by Crippen LogP contribution is 2.38. The molecular formula is C14H24N2O. The van der Waals surface area contributed by atoms with E-state index in [2.05, 4.69) is 17.1 Å². The number of hydrogen-bond acceptors (Lipinski definition) is 2. The van der Waals surface area contributed by atoms with Crippen molar-refractivity contribution in [1.82, 2.24) is 10.2 Å². The lowest BCUT2D eigenvalue weighted by Gasteiger charge is -2.27. The summed E-state index contributed by atoms with van der Waals surface area (Å²) in [5.74, 6) is 2.60. The van der Waals surface area contributed by atoms with E-state index in [9.17, 15) is 4.79 Å². The summed E-state index contributed by atoms with van der Waals surface area (Å²) in [6.45, 7) is 5.07. The summed E-state index contributed by atoms with van der Waals surface area (Å²) in [6.07, 6.45) is 6.57. The fraction of sp³-hybridized carbons (Fsp3) is 0.929. The van der Waals surface area contributed by atoms with Crippen LogP contribution in [-0.2, 0) is 4.79 Å². The van der Waals surface area contributed by atoms with E-state index in [0.717, 1.165) is 31.5 Å². The van der Waals surface area contributed by atoms with Crippen LogP contribution in [0.25, 0.3) is 0 Å². The second kappa shape index (κ2) is 4.60. The number of likely N-dealkylation sites (N-methyl/N-ethyl adjacent to an activating group) is 1. The first kappa shape index (κ1) is 11.5. The average Bonchev–Trinajstić information content (AvgIpc) is 2.87. The molecule has 0 aromatic heterocycles. The number of hydrogen-bond donors (Lipinski definition) is 1. The molecule has 1 heterocycles. The molecule has 3 rings (SSSR count). The predicted octanol–water partition coefficient (Wildman–Crippen LogP) is 1.63. The molecule has 0 aromatic rings. The summed E-state index contributed by atoms with van der Waals surface area (Å²) in [5.41, 5.74) is 0. The molecular weight excluding hydrogens is 212 g/mol. The van der Waals surface area contributed by atoms with E-state index >= 15 is 0 Å². The minimum atomic E-state index is 0.140. The molecule has 1 saturated heterocycles. The number of carbonyl (C=O) groups is 1. The van der Waals surface area contributed by atoms with Crippen molar-refractivity contribution in [3.05, 3.63) is 0 Å². The van der Waals surface area contributed by atoms with Crippen LogP contribution in [0.2, 0.25) is 0 Å². The Hall–Kier alpha value is -0.570.